The zero-order valence-electron chi connectivity index (χ0n) is 16.9. The van der Waals surface area contributed by atoms with Crippen molar-refractivity contribution >= 4 is 35.1 Å². The number of carbonyl (C=O) groups is 2. The third-order valence-corrected chi connectivity index (χ3v) is 7.18. The number of halogens is 3. The molecule has 2 fully saturated rings. The highest BCUT2D eigenvalue weighted by Crippen LogP contribution is 2.50. The molecule has 0 bridgehead atoms. The average Bonchev–Trinajstić information content (AvgIpc) is 3.12. The first-order valence-electron chi connectivity index (χ1n) is 10.2. The predicted octanol–water partition coefficient (Wildman–Crippen LogP) is 4.92. The van der Waals surface area contributed by atoms with Crippen LogP contribution in [0.5, 0.6) is 0 Å². The van der Waals surface area contributed by atoms with Crippen molar-refractivity contribution in [1.29, 1.82) is 0 Å². The summed E-state index contributed by atoms with van der Waals surface area (Å²) in [6.07, 6.45) is 5.16. The number of nitrogens with one attached hydrogen (secondary N) is 2. The molecule has 0 aromatic heterocycles. The summed E-state index contributed by atoms with van der Waals surface area (Å²) in [5, 5.41) is 6.30. The Morgan fingerprint density at radius 2 is 2.00 bits per heavy atom. The van der Waals surface area contributed by atoms with Crippen LogP contribution in [-0.2, 0) is 4.79 Å². The van der Waals surface area contributed by atoms with Crippen LogP contribution in [0, 0.1) is 17.2 Å². The highest BCUT2D eigenvalue weighted by Gasteiger charge is 2.42. The number of rotatable bonds is 4. The van der Waals surface area contributed by atoms with Crippen LogP contribution in [0.3, 0.4) is 0 Å². The van der Waals surface area contributed by atoms with E-state index in [0.29, 0.717) is 13.0 Å². The topological polar surface area (TPSA) is 61.4 Å². The quantitative estimate of drug-likeness (QED) is 0.648. The van der Waals surface area contributed by atoms with E-state index in [4.69, 9.17) is 23.2 Å². The Labute approximate surface area is 181 Å². The predicted molar refractivity (Wildman–Crippen MR) is 113 cm³/mol. The van der Waals surface area contributed by atoms with Crippen LogP contribution in [0.25, 0.3) is 0 Å². The van der Waals surface area contributed by atoms with Crippen molar-refractivity contribution in [2.24, 2.45) is 11.3 Å². The summed E-state index contributed by atoms with van der Waals surface area (Å²) < 4.78 is 14.9. The Hall–Kier alpha value is -1.53. The van der Waals surface area contributed by atoms with Gasteiger partial charge in [0.2, 0.25) is 5.91 Å². The molecule has 1 saturated heterocycles. The first kappa shape index (κ1) is 22.2. The Kier molecular flexibility index (Phi) is 6.94. The van der Waals surface area contributed by atoms with Gasteiger partial charge in [0, 0.05) is 25.7 Å². The molecule has 3 amide bonds. The maximum atomic E-state index is 14.9. The summed E-state index contributed by atoms with van der Waals surface area (Å²) in [7, 11) is 1.73. The minimum absolute atomic E-state index is 0.151. The number of hydrogen-bond acceptors (Lipinski definition) is 2. The Balaban J connectivity index is 1.87. The van der Waals surface area contributed by atoms with Gasteiger partial charge in [0.15, 0.2) is 0 Å². The van der Waals surface area contributed by atoms with Gasteiger partial charge in [-0.2, -0.15) is 0 Å². The lowest BCUT2D eigenvalue weighted by Gasteiger charge is -2.37. The van der Waals surface area contributed by atoms with Gasteiger partial charge in [-0.05, 0) is 43.2 Å². The standard InChI is InChI=1S/C21H28Cl2FN3O2/c1-21(9-3-4-10-21)18(16-15(24)8-7-14(22)17(16)23)26-19(28)13-6-5-11-27(2)20(29)25-12-13/h7-8,13,18H,3-6,9-12H2,1-2H3,(H,25,29)(H,26,28). The van der Waals surface area contributed by atoms with Crippen LogP contribution < -0.4 is 10.6 Å². The lowest BCUT2D eigenvalue weighted by Crippen LogP contribution is -2.48. The van der Waals surface area contributed by atoms with Crippen LogP contribution in [0.2, 0.25) is 10.0 Å². The molecular formula is C21H28Cl2FN3O2. The molecule has 3 rings (SSSR count). The smallest absolute Gasteiger partial charge is 0.317 e. The van der Waals surface area contributed by atoms with Crippen molar-refractivity contribution in [3.8, 4) is 0 Å². The molecule has 0 spiro atoms. The second-order valence-electron chi connectivity index (χ2n) is 8.51. The highest BCUT2D eigenvalue weighted by atomic mass is 35.5. The van der Waals surface area contributed by atoms with Crippen LogP contribution in [0.15, 0.2) is 12.1 Å². The average molecular weight is 444 g/mol. The molecule has 1 aromatic rings. The second kappa shape index (κ2) is 9.09. The number of nitrogens with zero attached hydrogens (tertiary/aromatic N) is 1. The van der Waals surface area contributed by atoms with Crippen LogP contribution in [0.1, 0.15) is 57.1 Å². The van der Waals surface area contributed by atoms with Crippen molar-refractivity contribution in [2.75, 3.05) is 20.1 Å². The van der Waals surface area contributed by atoms with E-state index in [1.54, 1.807) is 11.9 Å². The van der Waals surface area contributed by atoms with E-state index in [0.717, 1.165) is 32.1 Å². The summed E-state index contributed by atoms with van der Waals surface area (Å²) in [4.78, 5) is 26.7. The lowest BCUT2D eigenvalue weighted by atomic mass is 9.76. The van der Waals surface area contributed by atoms with Crippen LogP contribution >= 0.6 is 23.2 Å². The molecule has 1 heterocycles. The first-order chi connectivity index (χ1) is 13.7. The molecule has 29 heavy (non-hydrogen) atoms. The van der Waals surface area contributed by atoms with Crippen molar-refractivity contribution in [2.45, 2.75) is 51.5 Å². The highest BCUT2D eigenvalue weighted by molar-refractivity contribution is 6.42. The normalized spacial score (nSPS) is 23.1. The fourth-order valence-electron chi connectivity index (χ4n) is 4.48. The van der Waals surface area contributed by atoms with Crippen molar-refractivity contribution in [1.82, 2.24) is 15.5 Å². The van der Waals surface area contributed by atoms with Crippen LogP contribution in [-0.4, -0.2) is 37.0 Å². The fourth-order valence-corrected chi connectivity index (χ4v) is 4.91. The Bertz CT molecular complexity index is 783. The fraction of sp³-hybridized carbons (Fsp3) is 0.619. The molecule has 1 saturated carbocycles. The Morgan fingerprint density at radius 3 is 2.69 bits per heavy atom. The molecule has 5 nitrogen and oxygen atoms in total. The molecule has 2 aliphatic rings. The molecule has 1 aliphatic carbocycles. The van der Waals surface area contributed by atoms with E-state index in [-0.39, 0.29) is 45.4 Å². The van der Waals surface area contributed by atoms with E-state index in [1.165, 1.54) is 12.1 Å². The lowest BCUT2D eigenvalue weighted by molar-refractivity contribution is -0.127. The molecule has 0 radical (unpaired) electrons. The largest absolute Gasteiger partial charge is 0.348 e. The third kappa shape index (κ3) is 4.80. The third-order valence-electron chi connectivity index (χ3n) is 6.36. The van der Waals surface area contributed by atoms with Gasteiger partial charge in [0.05, 0.1) is 22.0 Å². The number of amides is 3. The van der Waals surface area contributed by atoms with Crippen LogP contribution in [0.4, 0.5) is 9.18 Å². The summed E-state index contributed by atoms with van der Waals surface area (Å²) in [5.41, 5.74) is -0.0536. The van der Waals surface area contributed by atoms with Gasteiger partial charge in [-0.1, -0.05) is 43.0 Å². The Morgan fingerprint density at radius 1 is 1.31 bits per heavy atom. The molecule has 1 aromatic carbocycles. The molecule has 8 heteroatoms. The molecule has 160 valence electrons. The van der Waals surface area contributed by atoms with Gasteiger partial charge in [-0.25, -0.2) is 9.18 Å². The van der Waals surface area contributed by atoms with Crippen molar-refractivity contribution in [3.63, 3.8) is 0 Å². The number of benzene rings is 1. The van der Waals surface area contributed by atoms with E-state index in [1.807, 2.05) is 0 Å². The van der Waals surface area contributed by atoms with Gasteiger partial charge in [0.25, 0.3) is 0 Å². The van der Waals surface area contributed by atoms with Crippen molar-refractivity contribution < 1.29 is 14.0 Å². The second-order valence-corrected chi connectivity index (χ2v) is 9.29. The van der Waals surface area contributed by atoms with Gasteiger partial charge >= 0.3 is 6.03 Å². The van der Waals surface area contributed by atoms with Crippen molar-refractivity contribution in [3.05, 3.63) is 33.6 Å². The zero-order valence-corrected chi connectivity index (χ0v) is 18.4. The number of hydrogen-bond donors (Lipinski definition) is 2. The van der Waals surface area contributed by atoms with Gasteiger partial charge in [0.1, 0.15) is 5.82 Å². The molecular weight excluding hydrogens is 416 g/mol. The van der Waals surface area contributed by atoms with Gasteiger partial charge in [-0.3, -0.25) is 4.79 Å². The van der Waals surface area contributed by atoms with Gasteiger partial charge < -0.3 is 15.5 Å². The monoisotopic (exact) mass is 443 g/mol. The first-order valence-corrected chi connectivity index (χ1v) is 10.9. The van der Waals surface area contributed by atoms with E-state index < -0.39 is 11.9 Å². The minimum Gasteiger partial charge on any atom is -0.348 e. The number of carbonyl (C=O) groups excluding carboxylic acids is 2. The molecule has 2 unspecified atom stereocenters. The summed E-state index contributed by atoms with van der Waals surface area (Å²) >= 11 is 12.6. The zero-order chi connectivity index (χ0) is 21.2. The van der Waals surface area contributed by atoms with E-state index >= 15 is 0 Å². The summed E-state index contributed by atoms with van der Waals surface area (Å²) in [6.45, 7) is 2.91. The van der Waals surface area contributed by atoms with E-state index in [2.05, 4.69) is 17.6 Å². The van der Waals surface area contributed by atoms with Gasteiger partial charge in [-0.15, -0.1) is 0 Å². The molecule has 1 aliphatic heterocycles. The minimum atomic E-state index is -0.576. The van der Waals surface area contributed by atoms with E-state index in [9.17, 15) is 14.0 Å². The maximum absolute atomic E-state index is 14.9. The summed E-state index contributed by atoms with van der Waals surface area (Å²) in [5.74, 6) is -1.03. The molecule has 2 N–H and O–H groups in total. The summed E-state index contributed by atoms with van der Waals surface area (Å²) in [6, 6.07) is 1.96. The SMILES string of the molecule is CN1CCCC(C(=O)NC(c2c(F)ccc(Cl)c2Cl)C2(C)CCCC2)CNC1=O. The molecule has 2 atom stereocenters. The maximum Gasteiger partial charge on any atom is 0.317 e. The number of urea groups is 1.